The molecule has 0 aliphatic carbocycles. The molecule has 0 spiro atoms. The quantitative estimate of drug-likeness (QED) is 0.731. The van der Waals surface area contributed by atoms with Crippen molar-refractivity contribution in [2.24, 2.45) is 0 Å². The fraction of sp³-hybridized carbons (Fsp3) is 0.500. The number of hydrogen-bond donors (Lipinski definition) is 1. The molecule has 0 fully saturated rings. The van der Waals surface area contributed by atoms with Gasteiger partial charge in [0.15, 0.2) is 6.10 Å². The van der Waals surface area contributed by atoms with E-state index in [0.29, 0.717) is 0 Å². The van der Waals surface area contributed by atoms with Crippen LogP contribution in [0.5, 0.6) is 0 Å². The Bertz CT molecular complexity index is 231. The number of halogens is 3. The van der Waals surface area contributed by atoms with E-state index in [4.69, 9.17) is 5.11 Å². The molecule has 12 heavy (non-hydrogen) atoms. The van der Waals surface area contributed by atoms with Crippen LogP contribution in [0.1, 0.15) is 0 Å². The van der Waals surface area contributed by atoms with Crippen molar-refractivity contribution in [1.82, 2.24) is 9.78 Å². The van der Waals surface area contributed by atoms with Gasteiger partial charge in [-0.25, -0.2) is 0 Å². The van der Waals surface area contributed by atoms with Crippen LogP contribution in [0.3, 0.4) is 0 Å². The van der Waals surface area contributed by atoms with Gasteiger partial charge in [-0.2, -0.15) is 18.3 Å². The molecule has 0 bridgehead atoms. The lowest BCUT2D eigenvalue weighted by molar-refractivity contribution is -0.208. The number of hydrogen-bond acceptors (Lipinski definition) is 2. The average molecular weight is 180 g/mol. The molecule has 68 valence electrons. The van der Waals surface area contributed by atoms with E-state index in [-0.39, 0.29) is 0 Å². The van der Waals surface area contributed by atoms with Crippen LogP contribution in [-0.4, -0.2) is 27.2 Å². The van der Waals surface area contributed by atoms with Crippen LogP contribution in [0.4, 0.5) is 13.2 Å². The van der Waals surface area contributed by atoms with Gasteiger partial charge in [-0.15, -0.1) is 0 Å². The Hall–Kier alpha value is -1.04. The molecular formula is C6H7F3N2O. The first-order valence-electron chi connectivity index (χ1n) is 3.22. The van der Waals surface area contributed by atoms with Crippen molar-refractivity contribution in [3.8, 4) is 0 Å². The molecule has 1 aromatic heterocycles. The minimum atomic E-state index is -4.58. The van der Waals surface area contributed by atoms with Gasteiger partial charge in [-0.3, -0.25) is 4.68 Å². The van der Waals surface area contributed by atoms with Crippen molar-refractivity contribution in [1.29, 1.82) is 0 Å². The topological polar surface area (TPSA) is 38.0 Å². The van der Waals surface area contributed by atoms with E-state index in [0.717, 1.165) is 4.68 Å². The van der Waals surface area contributed by atoms with Crippen LogP contribution < -0.4 is 0 Å². The molecule has 3 nitrogen and oxygen atoms in total. The average Bonchev–Trinajstić information content (AvgIpc) is 2.37. The molecule has 1 rings (SSSR count). The Labute approximate surface area is 66.4 Å². The molecule has 0 aliphatic rings. The molecule has 1 aromatic rings. The summed E-state index contributed by atoms with van der Waals surface area (Å²) in [5.74, 6) is 0. The van der Waals surface area contributed by atoms with E-state index < -0.39 is 18.8 Å². The summed E-state index contributed by atoms with van der Waals surface area (Å²) in [5.41, 5.74) is 0. The zero-order valence-corrected chi connectivity index (χ0v) is 5.99. The second kappa shape index (κ2) is 3.14. The Morgan fingerprint density at radius 1 is 1.50 bits per heavy atom. The third-order valence-electron chi connectivity index (χ3n) is 1.30. The minimum Gasteiger partial charge on any atom is -0.382 e. The second-order valence-corrected chi connectivity index (χ2v) is 2.29. The van der Waals surface area contributed by atoms with Gasteiger partial charge >= 0.3 is 6.18 Å². The number of alkyl halides is 3. The van der Waals surface area contributed by atoms with Crippen LogP contribution in [-0.2, 0) is 6.54 Å². The normalized spacial score (nSPS) is 14.7. The lowest BCUT2D eigenvalue weighted by Crippen LogP contribution is -2.32. The first-order chi connectivity index (χ1) is 5.50. The zero-order valence-electron chi connectivity index (χ0n) is 5.99. The van der Waals surface area contributed by atoms with Crippen molar-refractivity contribution in [2.75, 3.05) is 0 Å². The number of aromatic nitrogens is 2. The van der Waals surface area contributed by atoms with Gasteiger partial charge in [-0.1, -0.05) is 0 Å². The SMILES string of the molecule is O[C@@H](Cn1cccn1)C(F)(F)F. The summed E-state index contributed by atoms with van der Waals surface area (Å²) in [6, 6.07) is 1.49. The van der Waals surface area contributed by atoms with Crippen LogP contribution in [0, 0.1) is 0 Å². The summed E-state index contributed by atoms with van der Waals surface area (Å²) in [6.45, 7) is -0.559. The van der Waals surface area contributed by atoms with E-state index in [2.05, 4.69) is 5.10 Å². The maximum absolute atomic E-state index is 11.7. The maximum atomic E-state index is 11.7. The highest BCUT2D eigenvalue weighted by Crippen LogP contribution is 2.20. The zero-order chi connectivity index (χ0) is 9.19. The summed E-state index contributed by atoms with van der Waals surface area (Å²) in [6.07, 6.45) is -4.22. The molecule has 0 radical (unpaired) electrons. The summed E-state index contributed by atoms with van der Waals surface area (Å²) in [7, 11) is 0. The van der Waals surface area contributed by atoms with Crippen LogP contribution in [0.2, 0.25) is 0 Å². The van der Waals surface area contributed by atoms with Gasteiger partial charge in [-0.05, 0) is 6.07 Å². The molecule has 0 saturated carbocycles. The summed E-state index contributed by atoms with van der Waals surface area (Å²) < 4.78 is 36.3. The highest BCUT2D eigenvalue weighted by Gasteiger charge is 2.38. The number of aliphatic hydroxyl groups is 1. The molecule has 6 heteroatoms. The first kappa shape index (κ1) is 9.05. The van der Waals surface area contributed by atoms with E-state index in [9.17, 15) is 13.2 Å². The van der Waals surface area contributed by atoms with Gasteiger partial charge in [0.25, 0.3) is 0 Å². The highest BCUT2D eigenvalue weighted by atomic mass is 19.4. The molecule has 0 unspecified atom stereocenters. The van der Waals surface area contributed by atoms with Crippen molar-refractivity contribution in [2.45, 2.75) is 18.8 Å². The molecule has 0 amide bonds. The molecule has 0 aliphatic heterocycles. The molecule has 1 N–H and O–H groups in total. The largest absolute Gasteiger partial charge is 0.416 e. The van der Waals surface area contributed by atoms with Crippen LogP contribution in [0.25, 0.3) is 0 Å². The maximum Gasteiger partial charge on any atom is 0.416 e. The first-order valence-corrected chi connectivity index (χ1v) is 3.22. The fourth-order valence-electron chi connectivity index (χ4n) is 0.689. The third-order valence-corrected chi connectivity index (χ3v) is 1.30. The lowest BCUT2D eigenvalue weighted by atomic mass is 10.3. The van der Waals surface area contributed by atoms with E-state index in [1.807, 2.05) is 0 Å². The Balaban J connectivity index is 2.53. The smallest absolute Gasteiger partial charge is 0.382 e. The molecule has 0 saturated heterocycles. The van der Waals surface area contributed by atoms with Gasteiger partial charge in [0.2, 0.25) is 0 Å². The predicted molar refractivity (Wildman–Crippen MR) is 34.3 cm³/mol. The van der Waals surface area contributed by atoms with Gasteiger partial charge in [0.1, 0.15) is 0 Å². The fourth-order valence-corrected chi connectivity index (χ4v) is 0.689. The standard InChI is InChI=1S/C6H7F3N2O/c7-6(8,9)5(12)4-11-3-1-2-10-11/h1-3,5,12H,4H2/t5-/m0/s1. The Morgan fingerprint density at radius 3 is 2.58 bits per heavy atom. The van der Waals surface area contributed by atoms with Crippen LogP contribution in [0.15, 0.2) is 18.5 Å². The summed E-state index contributed by atoms with van der Waals surface area (Å²) in [5, 5.41) is 12.1. The van der Waals surface area contributed by atoms with Crippen molar-refractivity contribution in [3.05, 3.63) is 18.5 Å². The van der Waals surface area contributed by atoms with Gasteiger partial charge < -0.3 is 5.11 Å². The van der Waals surface area contributed by atoms with Crippen molar-refractivity contribution < 1.29 is 18.3 Å². The monoisotopic (exact) mass is 180 g/mol. The summed E-state index contributed by atoms with van der Waals surface area (Å²) >= 11 is 0. The van der Waals surface area contributed by atoms with E-state index in [1.165, 1.54) is 18.5 Å². The molecule has 1 heterocycles. The Morgan fingerprint density at radius 2 is 2.17 bits per heavy atom. The lowest BCUT2D eigenvalue weighted by Gasteiger charge is -2.13. The number of nitrogens with zero attached hydrogens (tertiary/aromatic N) is 2. The predicted octanol–water partition coefficient (Wildman–Crippen LogP) is 0.806. The van der Waals surface area contributed by atoms with Crippen molar-refractivity contribution >= 4 is 0 Å². The third kappa shape index (κ3) is 2.23. The van der Waals surface area contributed by atoms with E-state index in [1.54, 1.807) is 0 Å². The second-order valence-electron chi connectivity index (χ2n) is 2.29. The Kier molecular flexibility index (Phi) is 2.37. The molecular weight excluding hydrogens is 173 g/mol. The molecule has 0 aromatic carbocycles. The number of rotatable bonds is 2. The van der Waals surface area contributed by atoms with Crippen molar-refractivity contribution in [3.63, 3.8) is 0 Å². The summed E-state index contributed by atoms with van der Waals surface area (Å²) in [4.78, 5) is 0. The highest BCUT2D eigenvalue weighted by molar-refractivity contribution is 4.79. The molecule has 1 atom stereocenters. The number of aliphatic hydroxyl groups excluding tert-OH is 1. The van der Waals surface area contributed by atoms with Gasteiger partial charge in [0.05, 0.1) is 6.54 Å². The van der Waals surface area contributed by atoms with Gasteiger partial charge in [0, 0.05) is 12.4 Å². The minimum absolute atomic E-state index is 0.559. The van der Waals surface area contributed by atoms with Crippen LogP contribution >= 0.6 is 0 Å². The van der Waals surface area contributed by atoms with E-state index >= 15 is 0 Å².